The summed E-state index contributed by atoms with van der Waals surface area (Å²) in [7, 11) is 0. The lowest BCUT2D eigenvalue weighted by molar-refractivity contribution is -0.139. The van der Waals surface area contributed by atoms with Crippen LogP contribution in [0.15, 0.2) is 24.9 Å². The van der Waals surface area contributed by atoms with Gasteiger partial charge in [-0.2, -0.15) is 0 Å². The van der Waals surface area contributed by atoms with Crippen LogP contribution in [0.5, 0.6) is 0 Å². The predicted octanol–water partition coefficient (Wildman–Crippen LogP) is 1.30. The topological polar surface area (TPSA) is 89.2 Å². The summed E-state index contributed by atoms with van der Waals surface area (Å²) in [4.78, 5) is 32.8. The number of amides is 2. The number of hydrogen-bond acceptors (Lipinski definition) is 5. The Balaban J connectivity index is 2.30. The summed E-state index contributed by atoms with van der Waals surface area (Å²) in [6.07, 6.45) is 5.48. The van der Waals surface area contributed by atoms with E-state index in [9.17, 15) is 9.59 Å². The number of imide groups is 1. The fraction of sp³-hybridized carbons (Fsp3) is 0.286. The van der Waals surface area contributed by atoms with E-state index in [1.807, 2.05) is 13.0 Å². The second kappa shape index (κ2) is 5.64. The Hall–Kier alpha value is -2.50. The predicted molar refractivity (Wildman–Crippen MR) is 75.1 cm³/mol. The van der Waals surface area contributed by atoms with E-state index in [-0.39, 0.29) is 31.2 Å². The molecule has 0 bridgehead atoms. The first kappa shape index (κ1) is 13.9. The van der Waals surface area contributed by atoms with Crippen molar-refractivity contribution in [2.75, 3.05) is 5.73 Å². The molecule has 0 spiro atoms. The smallest absolute Gasteiger partial charge is 0.230 e. The molecule has 1 aromatic heterocycles. The molecule has 20 heavy (non-hydrogen) atoms. The first-order chi connectivity index (χ1) is 9.56. The number of anilines is 1. The standard InChI is InChI=1S/C14H16N4O2/c1-3-9(4-2)14-10(15)7-16-11(17-14)8-18-12(19)5-6-13(18)20/h3-4,7H,1,5-6,8,15H2,2H3/b9-4+. The second-order valence-corrected chi connectivity index (χ2v) is 4.41. The number of carbonyl (C=O) groups excluding carboxylic acids is 2. The minimum absolute atomic E-state index is 0.0824. The summed E-state index contributed by atoms with van der Waals surface area (Å²) in [5.41, 5.74) is 7.62. The van der Waals surface area contributed by atoms with Crippen LogP contribution in [-0.2, 0) is 16.1 Å². The average Bonchev–Trinajstić information content (AvgIpc) is 2.75. The van der Waals surface area contributed by atoms with Crippen molar-refractivity contribution in [1.82, 2.24) is 14.9 Å². The zero-order valence-electron chi connectivity index (χ0n) is 11.3. The lowest BCUT2D eigenvalue weighted by atomic mass is 10.1. The molecule has 2 amide bonds. The molecule has 0 saturated carbocycles. The minimum atomic E-state index is -0.188. The summed E-state index contributed by atoms with van der Waals surface area (Å²) in [6.45, 7) is 5.64. The molecular weight excluding hydrogens is 256 g/mol. The molecule has 0 radical (unpaired) electrons. The van der Waals surface area contributed by atoms with Crippen molar-refractivity contribution < 1.29 is 9.59 Å². The van der Waals surface area contributed by atoms with E-state index in [2.05, 4.69) is 16.5 Å². The van der Waals surface area contributed by atoms with E-state index in [0.29, 0.717) is 17.2 Å². The van der Waals surface area contributed by atoms with Gasteiger partial charge >= 0.3 is 0 Å². The van der Waals surface area contributed by atoms with Gasteiger partial charge in [0.25, 0.3) is 0 Å². The van der Waals surface area contributed by atoms with Crippen LogP contribution in [0, 0.1) is 0 Å². The van der Waals surface area contributed by atoms with Crippen molar-refractivity contribution >= 4 is 23.1 Å². The van der Waals surface area contributed by atoms with Crippen LogP contribution in [0.3, 0.4) is 0 Å². The van der Waals surface area contributed by atoms with Crippen LogP contribution in [0.1, 0.15) is 31.3 Å². The number of nitrogens with two attached hydrogens (primary N) is 1. The van der Waals surface area contributed by atoms with Gasteiger partial charge in [0.2, 0.25) is 11.8 Å². The third-order valence-corrected chi connectivity index (χ3v) is 3.13. The molecule has 0 atom stereocenters. The van der Waals surface area contributed by atoms with Crippen molar-refractivity contribution in [3.63, 3.8) is 0 Å². The molecule has 6 nitrogen and oxygen atoms in total. The van der Waals surface area contributed by atoms with Crippen molar-refractivity contribution in [2.45, 2.75) is 26.3 Å². The van der Waals surface area contributed by atoms with Crippen LogP contribution in [0.2, 0.25) is 0 Å². The molecule has 1 aliphatic heterocycles. The van der Waals surface area contributed by atoms with Gasteiger partial charge < -0.3 is 5.73 Å². The first-order valence-electron chi connectivity index (χ1n) is 6.30. The fourth-order valence-electron chi connectivity index (χ4n) is 2.03. The average molecular weight is 272 g/mol. The number of rotatable bonds is 4. The number of carbonyl (C=O) groups is 2. The lowest BCUT2D eigenvalue weighted by Gasteiger charge is -2.14. The Kier molecular flexibility index (Phi) is 3.93. The fourth-order valence-corrected chi connectivity index (χ4v) is 2.03. The molecule has 2 heterocycles. The number of allylic oxidation sites excluding steroid dienone is 3. The third kappa shape index (κ3) is 2.59. The summed E-state index contributed by atoms with van der Waals surface area (Å²) in [6, 6.07) is 0. The maximum atomic E-state index is 11.6. The number of aromatic nitrogens is 2. The summed E-state index contributed by atoms with van der Waals surface area (Å²) in [5.74, 6) is 0.0119. The first-order valence-corrected chi connectivity index (χ1v) is 6.30. The van der Waals surface area contributed by atoms with Crippen LogP contribution < -0.4 is 5.73 Å². The Morgan fingerprint density at radius 2 is 2.10 bits per heavy atom. The van der Waals surface area contributed by atoms with Gasteiger partial charge in [-0.25, -0.2) is 9.97 Å². The lowest BCUT2D eigenvalue weighted by Crippen LogP contribution is -2.29. The van der Waals surface area contributed by atoms with Gasteiger partial charge in [0.1, 0.15) is 5.82 Å². The number of nitrogen functional groups attached to an aromatic ring is 1. The van der Waals surface area contributed by atoms with Crippen LogP contribution in [0.4, 0.5) is 5.69 Å². The molecule has 2 rings (SSSR count). The summed E-state index contributed by atoms with van der Waals surface area (Å²) >= 11 is 0. The van der Waals surface area contributed by atoms with Crippen LogP contribution in [0.25, 0.3) is 5.57 Å². The van der Waals surface area contributed by atoms with Crippen molar-refractivity contribution in [3.05, 3.63) is 36.4 Å². The van der Waals surface area contributed by atoms with E-state index in [0.717, 1.165) is 5.57 Å². The third-order valence-electron chi connectivity index (χ3n) is 3.13. The molecule has 1 aliphatic rings. The van der Waals surface area contributed by atoms with Crippen LogP contribution >= 0.6 is 0 Å². The SMILES string of the molecule is C=C/C(=C\C)c1nc(CN2C(=O)CCC2=O)ncc1N. The Morgan fingerprint density at radius 1 is 1.45 bits per heavy atom. The Morgan fingerprint density at radius 3 is 2.65 bits per heavy atom. The Labute approximate surface area is 117 Å². The van der Waals surface area contributed by atoms with E-state index < -0.39 is 0 Å². The molecule has 6 heteroatoms. The highest BCUT2D eigenvalue weighted by Crippen LogP contribution is 2.20. The zero-order valence-corrected chi connectivity index (χ0v) is 11.3. The monoisotopic (exact) mass is 272 g/mol. The van der Waals surface area contributed by atoms with Crippen molar-refractivity contribution in [1.29, 1.82) is 0 Å². The molecule has 1 saturated heterocycles. The van der Waals surface area contributed by atoms with Gasteiger partial charge in [0.05, 0.1) is 24.1 Å². The highest BCUT2D eigenvalue weighted by molar-refractivity contribution is 6.01. The van der Waals surface area contributed by atoms with Gasteiger partial charge in [-0.1, -0.05) is 18.7 Å². The largest absolute Gasteiger partial charge is 0.396 e. The van der Waals surface area contributed by atoms with Crippen LogP contribution in [-0.4, -0.2) is 26.7 Å². The number of likely N-dealkylation sites (tertiary alicyclic amines) is 1. The quantitative estimate of drug-likeness (QED) is 0.659. The molecule has 2 N–H and O–H groups in total. The van der Waals surface area contributed by atoms with E-state index in [1.165, 1.54) is 11.1 Å². The van der Waals surface area contributed by atoms with Gasteiger partial charge in [-0.15, -0.1) is 0 Å². The highest BCUT2D eigenvalue weighted by atomic mass is 16.2. The molecular formula is C14H16N4O2. The molecule has 1 fully saturated rings. The van der Waals surface area contributed by atoms with E-state index >= 15 is 0 Å². The molecule has 0 aromatic carbocycles. The Bertz CT molecular complexity index is 591. The highest BCUT2D eigenvalue weighted by Gasteiger charge is 2.29. The summed E-state index contributed by atoms with van der Waals surface area (Å²) < 4.78 is 0. The second-order valence-electron chi connectivity index (χ2n) is 4.41. The zero-order chi connectivity index (χ0) is 14.7. The minimum Gasteiger partial charge on any atom is -0.396 e. The van der Waals surface area contributed by atoms with Gasteiger partial charge in [0.15, 0.2) is 0 Å². The van der Waals surface area contributed by atoms with Gasteiger partial charge in [0, 0.05) is 12.8 Å². The number of nitrogens with zero attached hydrogens (tertiary/aromatic N) is 3. The van der Waals surface area contributed by atoms with Crippen molar-refractivity contribution in [2.24, 2.45) is 0 Å². The van der Waals surface area contributed by atoms with Gasteiger partial charge in [-0.05, 0) is 12.5 Å². The molecule has 0 unspecified atom stereocenters. The molecule has 0 aliphatic carbocycles. The maximum Gasteiger partial charge on any atom is 0.230 e. The van der Waals surface area contributed by atoms with E-state index in [1.54, 1.807) is 6.08 Å². The molecule has 104 valence electrons. The maximum absolute atomic E-state index is 11.6. The number of hydrogen-bond donors (Lipinski definition) is 1. The summed E-state index contributed by atoms with van der Waals surface area (Å²) in [5, 5.41) is 0. The normalized spacial score (nSPS) is 15.8. The van der Waals surface area contributed by atoms with Gasteiger partial charge in [-0.3, -0.25) is 14.5 Å². The van der Waals surface area contributed by atoms with Crippen molar-refractivity contribution in [3.8, 4) is 0 Å². The van der Waals surface area contributed by atoms with E-state index in [4.69, 9.17) is 5.73 Å². The molecule has 1 aromatic rings.